The van der Waals surface area contributed by atoms with Crippen LogP contribution >= 0.6 is 0 Å². The Morgan fingerprint density at radius 3 is 1.57 bits per heavy atom. The Kier molecular flexibility index (Phi) is 7.17. The maximum Gasteiger partial charge on any atom is 0.164 e. The Hall–Kier alpha value is -7.17. The highest BCUT2D eigenvalue weighted by Gasteiger charge is 2.35. The SMILES string of the molecule is CC1(C)c2ccccc2-c2ccc(-c3ccc4oc5c6ccccc6c(-c6ccc(-c7nc(-c8ccccc8)nc(-c8ccccc8)n7)cc6)cc5c4c3)cc21. The van der Waals surface area contributed by atoms with Crippen molar-refractivity contribution in [2.24, 2.45) is 0 Å². The van der Waals surface area contributed by atoms with Gasteiger partial charge in [0.25, 0.3) is 0 Å². The Morgan fingerprint density at radius 1 is 0.357 bits per heavy atom. The lowest BCUT2D eigenvalue weighted by molar-refractivity contribution is 0.660. The largest absolute Gasteiger partial charge is 0.455 e. The van der Waals surface area contributed by atoms with E-state index < -0.39 is 0 Å². The molecule has 1 aliphatic carbocycles. The van der Waals surface area contributed by atoms with Crippen molar-refractivity contribution in [1.29, 1.82) is 0 Å². The van der Waals surface area contributed by atoms with E-state index in [0.717, 1.165) is 60.5 Å². The van der Waals surface area contributed by atoms with Crippen LogP contribution in [0.2, 0.25) is 0 Å². The first kappa shape index (κ1) is 32.3. The summed E-state index contributed by atoms with van der Waals surface area (Å²) in [4.78, 5) is 14.8. The normalized spacial score (nSPS) is 13.0. The molecule has 0 unspecified atom stereocenters. The van der Waals surface area contributed by atoms with Gasteiger partial charge >= 0.3 is 0 Å². The van der Waals surface area contributed by atoms with Crippen molar-refractivity contribution < 1.29 is 4.42 Å². The molecule has 4 heteroatoms. The molecule has 56 heavy (non-hydrogen) atoms. The van der Waals surface area contributed by atoms with Gasteiger partial charge in [-0.1, -0.05) is 166 Å². The molecular weight excluding hydrogens is 683 g/mol. The van der Waals surface area contributed by atoms with Gasteiger partial charge in [-0.2, -0.15) is 0 Å². The van der Waals surface area contributed by atoms with Crippen LogP contribution in [0.25, 0.3) is 100 Å². The smallest absolute Gasteiger partial charge is 0.164 e. The summed E-state index contributed by atoms with van der Waals surface area (Å²) in [6.07, 6.45) is 0. The van der Waals surface area contributed by atoms with Gasteiger partial charge in [-0.3, -0.25) is 0 Å². The molecule has 2 aromatic heterocycles. The van der Waals surface area contributed by atoms with Gasteiger partial charge in [-0.15, -0.1) is 0 Å². The summed E-state index contributed by atoms with van der Waals surface area (Å²) in [5, 5.41) is 4.45. The Balaban J connectivity index is 1.02. The van der Waals surface area contributed by atoms with E-state index in [1.165, 1.54) is 33.4 Å². The molecule has 0 spiro atoms. The first-order chi connectivity index (χ1) is 27.5. The minimum atomic E-state index is -0.0599. The number of nitrogens with zero attached hydrogens (tertiary/aromatic N) is 3. The molecule has 0 atom stereocenters. The van der Waals surface area contributed by atoms with Crippen LogP contribution in [0.5, 0.6) is 0 Å². The highest BCUT2D eigenvalue weighted by Crippen LogP contribution is 2.50. The van der Waals surface area contributed by atoms with Crippen molar-refractivity contribution in [3.63, 3.8) is 0 Å². The molecule has 1 aliphatic rings. The summed E-state index contributed by atoms with van der Waals surface area (Å²) in [5.74, 6) is 1.93. The molecule has 0 bridgehead atoms. The fraction of sp³-hybridized carbons (Fsp3) is 0.0577. The Labute approximate surface area is 324 Å². The van der Waals surface area contributed by atoms with Gasteiger partial charge in [-0.05, 0) is 74.2 Å². The molecular formula is C52H35N3O. The fourth-order valence-electron chi connectivity index (χ4n) is 8.64. The molecule has 8 aromatic carbocycles. The molecule has 10 aromatic rings. The van der Waals surface area contributed by atoms with Gasteiger partial charge in [0.05, 0.1) is 0 Å². The van der Waals surface area contributed by atoms with Crippen molar-refractivity contribution in [2.45, 2.75) is 19.3 Å². The van der Waals surface area contributed by atoms with Gasteiger partial charge in [0.15, 0.2) is 17.5 Å². The minimum absolute atomic E-state index is 0.0599. The Bertz CT molecular complexity index is 3090. The van der Waals surface area contributed by atoms with Crippen molar-refractivity contribution >= 4 is 32.7 Å². The number of furan rings is 1. The van der Waals surface area contributed by atoms with E-state index >= 15 is 0 Å². The van der Waals surface area contributed by atoms with Crippen LogP contribution in [0.3, 0.4) is 0 Å². The molecule has 0 fully saturated rings. The third kappa shape index (κ3) is 5.10. The quantitative estimate of drug-likeness (QED) is 0.178. The molecule has 2 heterocycles. The summed E-state index contributed by atoms with van der Waals surface area (Å²) < 4.78 is 6.65. The predicted octanol–water partition coefficient (Wildman–Crippen LogP) is 13.6. The Morgan fingerprint density at radius 2 is 0.875 bits per heavy atom. The van der Waals surface area contributed by atoms with Crippen LogP contribution in [0.4, 0.5) is 0 Å². The molecule has 0 radical (unpaired) electrons. The van der Waals surface area contributed by atoms with Crippen LogP contribution in [-0.4, -0.2) is 15.0 Å². The zero-order valence-corrected chi connectivity index (χ0v) is 31.0. The van der Waals surface area contributed by atoms with E-state index in [1.807, 2.05) is 60.7 Å². The van der Waals surface area contributed by atoms with Crippen molar-refractivity contribution in [1.82, 2.24) is 15.0 Å². The van der Waals surface area contributed by atoms with Gasteiger partial charge < -0.3 is 4.42 Å². The molecule has 264 valence electrons. The van der Waals surface area contributed by atoms with E-state index in [-0.39, 0.29) is 5.41 Å². The zero-order valence-electron chi connectivity index (χ0n) is 31.0. The molecule has 0 saturated heterocycles. The van der Waals surface area contributed by atoms with Crippen molar-refractivity contribution in [2.75, 3.05) is 0 Å². The standard InChI is InChI=1S/C52H35N3O/c1-52(2)45-20-12-11-18-39(45)40-27-25-37(30-46(40)52)36-26-28-47-43(29-36)44-31-42(38-17-9-10-19-41(38)48(44)56-47)32-21-23-35(24-22-32)51-54-49(33-13-5-3-6-14-33)53-50(55-51)34-15-7-4-8-16-34/h3-31H,1-2H3. The first-order valence-electron chi connectivity index (χ1n) is 19.1. The maximum absolute atomic E-state index is 6.65. The summed E-state index contributed by atoms with van der Waals surface area (Å²) in [6.45, 7) is 4.67. The van der Waals surface area contributed by atoms with Gasteiger partial charge in [0, 0.05) is 38.3 Å². The molecule has 0 aliphatic heterocycles. The van der Waals surface area contributed by atoms with E-state index in [1.54, 1.807) is 0 Å². The van der Waals surface area contributed by atoms with Gasteiger partial charge in [-0.25, -0.2) is 15.0 Å². The molecule has 0 saturated carbocycles. The summed E-state index contributed by atoms with van der Waals surface area (Å²) in [5.41, 5.74) is 14.6. The van der Waals surface area contributed by atoms with Crippen LogP contribution in [0.1, 0.15) is 25.0 Å². The third-order valence-electron chi connectivity index (χ3n) is 11.5. The second kappa shape index (κ2) is 12.4. The van der Waals surface area contributed by atoms with E-state index in [4.69, 9.17) is 19.4 Å². The zero-order chi connectivity index (χ0) is 37.4. The lowest BCUT2D eigenvalue weighted by atomic mass is 9.81. The van der Waals surface area contributed by atoms with Crippen LogP contribution in [-0.2, 0) is 5.41 Å². The van der Waals surface area contributed by atoms with E-state index in [2.05, 4.69) is 129 Å². The lowest BCUT2D eigenvalue weighted by Gasteiger charge is -2.22. The van der Waals surface area contributed by atoms with Crippen molar-refractivity contribution in [3.05, 3.63) is 187 Å². The molecule has 11 rings (SSSR count). The predicted molar refractivity (Wildman–Crippen MR) is 229 cm³/mol. The number of aromatic nitrogens is 3. The van der Waals surface area contributed by atoms with Crippen LogP contribution < -0.4 is 0 Å². The van der Waals surface area contributed by atoms with E-state index in [9.17, 15) is 0 Å². The third-order valence-corrected chi connectivity index (χ3v) is 11.5. The van der Waals surface area contributed by atoms with Gasteiger partial charge in [0.1, 0.15) is 11.2 Å². The number of benzene rings is 8. The monoisotopic (exact) mass is 717 g/mol. The second-order valence-corrected chi connectivity index (χ2v) is 15.2. The molecule has 0 N–H and O–H groups in total. The fourth-order valence-corrected chi connectivity index (χ4v) is 8.64. The summed E-state index contributed by atoms with van der Waals surface area (Å²) >= 11 is 0. The lowest BCUT2D eigenvalue weighted by Crippen LogP contribution is -2.14. The topological polar surface area (TPSA) is 51.8 Å². The number of rotatable bonds is 5. The maximum atomic E-state index is 6.65. The van der Waals surface area contributed by atoms with Gasteiger partial charge in [0.2, 0.25) is 0 Å². The second-order valence-electron chi connectivity index (χ2n) is 15.2. The number of fused-ring (bicyclic) bond motifs is 8. The summed E-state index contributed by atoms with van der Waals surface area (Å²) in [6, 6.07) is 62.0. The average Bonchev–Trinajstić information content (AvgIpc) is 3.75. The van der Waals surface area contributed by atoms with Crippen LogP contribution in [0, 0.1) is 0 Å². The highest BCUT2D eigenvalue weighted by atomic mass is 16.3. The average molecular weight is 718 g/mol. The van der Waals surface area contributed by atoms with Crippen molar-refractivity contribution in [3.8, 4) is 67.5 Å². The van der Waals surface area contributed by atoms with Crippen LogP contribution in [0.15, 0.2) is 180 Å². The number of hydrogen-bond donors (Lipinski definition) is 0. The molecule has 4 nitrogen and oxygen atoms in total. The molecule has 0 amide bonds. The minimum Gasteiger partial charge on any atom is -0.455 e. The number of hydrogen-bond acceptors (Lipinski definition) is 4. The first-order valence-corrected chi connectivity index (χ1v) is 19.1. The highest BCUT2D eigenvalue weighted by molar-refractivity contribution is 6.19. The summed E-state index contributed by atoms with van der Waals surface area (Å²) in [7, 11) is 0. The van der Waals surface area contributed by atoms with E-state index in [0.29, 0.717) is 17.5 Å².